The van der Waals surface area contributed by atoms with E-state index in [4.69, 9.17) is 0 Å². The number of benzene rings is 2. The van der Waals surface area contributed by atoms with E-state index >= 15 is 0 Å². The predicted molar refractivity (Wildman–Crippen MR) is 71.6 cm³/mol. The van der Waals surface area contributed by atoms with Crippen LogP contribution in [0.25, 0.3) is 10.1 Å². The summed E-state index contributed by atoms with van der Waals surface area (Å²) in [5.41, 5.74) is 0.175. The third kappa shape index (κ3) is 1.94. The van der Waals surface area contributed by atoms with Gasteiger partial charge in [0.15, 0.2) is 17.4 Å². The van der Waals surface area contributed by atoms with Gasteiger partial charge in [0.25, 0.3) is 0 Å². The van der Waals surface area contributed by atoms with Gasteiger partial charge in [0.2, 0.25) is 0 Å². The zero-order valence-electron chi connectivity index (χ0n) is 9.69. The van der Waals surface area contributed by atoms with Crippen molar-refractivity contribution in [3.8, 4) is 0 Å². The van der Waals surface area contributed by atoms with Crippen molar-refractivity contribution in [3.63, 3.8) is 0 Å². The Bertz CT molecular complexity index is 777. The molecule has 3 aromatic rings. The maximum absolute atomic E-state index is 13.7. The summed E-state index contributed by atoms with van der Waals surface area (Å²) in [5, 5.41) is 2.44. The number of fused-ring (bicyclic) bond motifs is 1. The molecule has 0 aliphatic rings. The fourth-order valence-corrected chi connectivity index (χ4v) is 2.92. The van der Waals surface area contributed by atoms with Crippen molar-refractivity contribution in [2.24, 2.45) is 0 Å². The minimum absolute atomic E-state index is 0.233. The van der Waals surface area contributed by atoms with Crippen molar-refractivity contribution in [2.45, 2.75) is 0 Å². The number of hydrogen-bond donors (Lipinski definition) is 0. The highest BCUT2D eigenvalue weighted by molar-refractivity contribution is 7.17. The Hall–Kier alpha value is -2.07. The number of thiophene rings is 1. The lowest BCUT2D eigenvalue weighted by Gasteiger charge is -2.02. The molecule has 0 saturated heterocycles. The van der Waals surface area contributed by atoms with E-state index in [2.05, 4.69) is 0 Å². The normalized spacial score (nSPS) is 10.8. The number of carbonyl (C=O) groups is 1. The van der Waals surface area contributed by atoms with Crippen LogP contribution < -0.4 is 0 Å². The lowest BCUT2D eigenvalue weighted by Crippen LogP contribution is -2.05. The molecular weight excluding hydrogens is 266 g/mol. The summed E-state index contributed by atoms with van der Waals surface area (Å²) in [5.74, 6) is -2.59. The Balaban J connectivity index is 2.17. The van der Waals surface area contributed by atoms with Crippen LogP contribution >= 0.6 is 11.3 Å². The maximum atomic E-state index is 13.7. The molecular formula is C15H8F2OS. The van der Waals surface area contributed by atoms with Gasteiger partial charge in [0.05, 0.1) is 5.56 Å². The fraction of sp³-hybridized carbons (Fsp3) is 0. The van der Waals surface area contributed by atoms with Gasteiger partial charge < -0.3 is 0 Å². The van der Waals surface area contributed by atoms with E-state index in [1.54, 1.807) is 11.4 Å². The molecule has 0 atom stereocenters. The molecule has 2 aromatic carbocycles. The van der Waals surface area contributed by atoms with Gasteiger partial charge in [-0.05, 0) is 18.2 Å². The second kappa shape index (κ2) is 4.55. The van der Waals surface area contributed by atoms with Crippen LogP contribution in [0.15, 0.2) is 47.8 Å². The average molecular weight is 274 g/mol. The zero-order chi connectivity index (χ0) is 13.4. The molecule has 0 N–H and O–H groups in total. The summed E-state index contributed by atoms with van der Waals surface area (Å²) < 4.78 is 27.8. The molecule has 3 rings (SSSR count). The molecule has 0 aliphatic heterocycles. The van der Waals surface area contributed by atoms with Gasteiger partial charge >= 0.3 is 0 Å². The Morgan fingerprint density at radius 1 is 0.947 bits per heavy atom. The van der Waals surface area contributed by atoms with E-state index in [1.807, 2.05) is 18.2 Å². The quantitative estimate of drug-likeness (QED) is 0.633. The molecule has 0 bridgehead atoms. The summed E-state index contributed by atoms with van der Waals surface area (Å²) in [6.45, 7) is 0. The van der Waals surface area contributed by atoms with Gasteiger partial charge in [0.1, 0.15) is 0 Å². The van der Waals surface area contributed by atoms with Crippen LogP contribution in [0.4, 0.5) is 8.78 Å². The summed E-state index contributed by atoms with van der Waals surface area (Å²) >= 11 is 1.41. The number of hydrogen-bond acceptors (Lipinski definition) is 2. The van der Waals surface area contributed by atoms with Crippen LogP contribution in [0, 0.1) is 11.6 Å². The first-order chi connectivity index (χ1) is 9.18. The van der Waals surface area contributed by atoms with Crippen molar-refractivity contribution in [1.82, 2.24) is 0 Å². The van der Waals surface area contributed by atoms with E-state index < -0.39 is 17.4 Å². The van der Waals surface area contributed by atoms with E-state index in [1.165, 1.54) is 23.5 Å². The topological polar surface area (TPSA) is 17.1 Å². The van der Waals surface area contributed by atoms with Crippen molar-refractivity contribution in [1.29, 1.82) is 0 Å². The molecule has 4 heteroatoms. The summed E-state index contributed by atoms with van der Waals surface area (Å²) in [4.78, 5) is 12.3. The van der Waals surface area contributed by atoms with E-state index in [0.29, 0.717) is 5.56 Å². The Labute approximate surface area is 112 Å². The van der Waals surface area contributed by atoms with Gasteiger partial charge in [-0.2, -0.15) is 0 Å². The van der Waals surface area contributed by atoms with Gasteiger partial charge in [-0.3, -0.25) is 4.79 Å². The SMILES string of the molecule is O=C(c1cccc(F)c1F)c1csc2ccccc12. The molecule has 0 fully saturated rings. The monoisotopic (exact) mass is 274 g/mol. The summed E-state index contributed by atoms with van der Waals surface area (Å²) in [6.07, 6.45) is 0. The van der Waals surface area contributed by atoms with Crippen LogP contribution in [0.2, 0.25) is 0 Å². The molecule has 1 nitrogen and oxygen atoms in total. The van der Waals surface area contributed by atoms with Gasteiger partial charge in [-0.25, -0.2) is 8.78 Å². The molecule has 0 aliphatic carbocycles. The fourth-order valence-electron chi connectivity index (χ4n) is 1.98. The Morgan fingerprint density at radius 2 is 1.74 bits per heavy atom. The zero-order valence-corrected chi connectivity index (χ0v) is 10.5. The van der Waals surface area contributed by atoms with E-state index in [9.17, 15) is 13.6 Å². The van der Waals surface area contributed by atoms with E-state index in [-0.39, 0.29) is 5.56 Å². The van der Waals surface area contributed by atoms with Crippen molar-refractivity contribution in [2.75, 3.05) is 0 Å². The van der Waals surface area contributed by atoms with Crippen LogP contribution in [-0.4, -0.2) is 5.78 Å². The molecule has 0 spiro atoms. The molecule has 0 unspecified atom stereocenters. The maximum Gasteiger partial charge on any atom is 0.197 e. The Kier molecular flexibility index (Phi) is 2.87. The summed E-state index contributed by atoms with van der Waals surface area (Å²) in [6, 6.07) is 11.0. The second-order valence-corrected chi connectivity index (χ2v) is 4.99. The molecule has 0 amide bonds. The first-order valence-electron chi connectivity index (χ1n) is 5.63. The lowest BCUT2D eigenvalue weighted by molar-refractivity contribution is 0.103. The smallest absolute Gasteiger partial charge is 0.197 e. The third-order valence-electron chi connectivity index (χ3n) is 2.92. The standard InChI is InChI=1S/C15H8F2OS/c16-12-6-3-5-10(14(12)17)15(18)11-8-19-13-7-2-1-4-9(11)13/h1-8H. The van der Waals surface area contributed by atoms with Crippen molar-refractivity contribution in [3.05, 3.63) is 70.6 Å². The van der Waals surface area contributed by atoms with Gasteiger partial charge in [-0.1, -0.05) is 24.3 Å². The van der Waals surface area contributed by atoms with E-state index in [0.717, 1.165) is 16.2 Å². The molecule has 0 radical (unpaired) electrons. The van der Waals surface area contributed by atoms with Crippen LogP contribution in [0.1, 0.15) is 15.9 Å². The first kappa shape index (κ1) is 12.0. The minimum Gasteiger partial charge on any atom is -0.288 e. The number of carbonyl (C=O) groups excluding carboxylic acids is 1. The predicted octanol–water partition coefficient (Wildman–Crippen LogP) is 4.41. The summed E-state index contributed by atoms with van der Waals surface area (Å²) in [7, 11) is 0. The lowest BCUT2D eigenvalue weighted by atomic mass is 10.0. The van der Waals surface area contributed by atoms with Crippen molar-refractivity contribution < 1.29 is 13.6 Å². The average Bonchev–Trinajstić information content (AvgIpc) is 2.85. The number of rotatable bonds is 2. The number of ketones is 1. The highest BCUT2D eigenvalue weighted by Gasteiger charge is 2.19. The Morgan fingerprint density at radius 3 is 2.58 bits per heavy atom. The van der Waals surface area contributed by atoms with Gasteiger partial charge in [-0.15, -0.1) is 11.3 Å². The molecule has 1 heterocycles. The first-order valence-corrected chi connectivity index (χ1v) is 6.51. The van der Waals surface area contributed by atoms with Gasteiger partial charge in [0, 0.05) is 21.0 Å². The molecule has 1 aromatic heterocycles. The second-order valence-electron chi connectivity index (χ2n) is 4.08. The largest absolute Gasteiger partial charge is 0.288 e. The van der Waals surface area contributed by atoms with Crippen LogP contribution in [-0.2, 0) is 0 Å². The highest BCUT2D eigenvalue weighted by Crippen LogP contribution is 2.28. The van der Waals surface area contributed by atoms with Crippen molar-refractivity contribution >= 4 is 27.2 Å². The van der Waals surface area contributed by atoms with Crippen LogP contribution in [0.3, 0.4) is 0 Å². The molecule has 94 valence electrons. The van der Waals surface area contributed by atoms with Crippen LogP contribution in [0.5, 0.6) is 0 Å². The molecule has 0 saturated carbocycles. The molecule has 19 heavy (non-hydrogen) atoms. The number of halogens is 2. The minimum atomic E-state index is -1.09. The highest BCUT2D eigenvalue weighted by atomic mass is 32.1. The third-order valence-corrected chi connectivity index (χ3v) is 3.89.